The number of halogens is 2. The van der Waals surface area contributed by atoms with E-state index in [1.54, 1.807) is 13.0 Å². The molecule has 64 valence electrons. The summed E-state index contributed by atoms with van der Waals surface area (Å²) >= 11 is 3.19. The summed E-state index contributed by atoms with van der Waals surface area (Å²) in [6, 6.07) is 3.15. The third kappa shape index (κ3) is 1.82. The molecule has 0 bridgehead atoms. The predicted molar refractivity (Wildman–Crippen MR) is 48.5 cm³/mol. The van der Waals surface area contributed by atoms with Gasteiger partial charge in [0.15, 0.2) is 0 Å². The van der Waals surface area contributed by atoms with E-state index in [1.165, 1.54) is 6.07 Å². The van der Waals surface area contributed by atoms with E-state index in [4.69, 9.17) is 0 Å². The van der Waals surface area contributed by atoms with Crippen molar-refractivity contribution in [3.05, 3.63) is 28.0 Å². The molecule has 0 fully saturated rings. The van der Waals surface area contributed by atoms with Crippen LogP contribution in [0.1, 0.15) is 5.56 Å². The minimum Gasteiger partial charge on any atom is -0.326 e. The fourth-order valence-electron chi connectivity index (χ4n) is 0.894. The minimum atomic E-state index is -0.398. The molecule has 2 nitrogen and oxygen atoms in total. The number of benzene rings is 1. The van der Waals surface area contributed by atoms with Gasteiger partial charge in [0.05, 0.1) is 5.69 Å². The van der Waals surface area contributed by atoms with Crippen molar-refractivity contribution < 1.29 is 9.18 Å². The highest BCUT2D eigenvalue weighted by Gasteiger charge is 2.05. The zero-order valence-electron chi connectivity index (χ0n) is 6.40. The summed E-state index contributed by atoms with van der Waals surface area (Å²) in [7, 11) is 0. The molecule has 1 aromatic rings. The highest BCUT2D eigenvalue weighted by Crippen LogP contribution is 2.23. The molecular formula is C8H7BrFNO. The fourth-order valence-corrected chi connectivity index (χ4v) is 1.47. The molecule has 0 radical (unpaired) electrons. The van der Waals surface area contributed by atoms with Crippen molar-refractivity contribution in [2.75, 3.05) is 5.32 Å². The molecule has 0 aromatic heterocycles. The van der Waals surface area contributed by atoms with Crippen LogP contribution in [-0.4, -0.2) is 6.41 Å². The van der Waals surface area contributed by atoms with Crippen LogP contribution in [0.3, 0.4) is 0 Å². The Morgan fingerprint density at radius 2 is 2.25 bits per heavy atom. The monoisotopic (exact) mass is 231 g/mol. The minimum absolute atomic E-state index is 0.192. The van der Waals surface area contributed by atoms with Crippen molar-refractivity contribution in [1.29, 1.82) is 0 Å². The zero-order valence-corrected chi connectivity index (χ0v) is 7.98. The number of carbonyl (C=O) groups excluding carboxylic acids is 1. The maximum atomic E-state index is 13.1. The lowest BCUT2D eigenvalue weighted by Crippen LogP contribution is -1.98. The Labute approximate surface area is 77.9 Å². The van der Waals surface area contributed by atoms with Crippen LogP contribution in [0, 0.1) is 12.7 Å². The van der Waals surface area contributed by atoms with Gasteiger partial charge in [-0.25, -0.2) is 4.39 Å². The van der Waals surface area contributed by atoms with Crippen LogP contribution in [0.2, 0.25) is 0 Å². The molecule has 0 unspecified atom stereocenters. The maximum Gasteiger partial charge on any atom is 0.211 e. The van der Waals surface area contributed by atoms with Gasteiger partial charge >= 0.3 is 0 Å². The Kier molecular flexibility index (Phi) is 2.81. The number of nitrogens with one attached hydrogen (secondary N) is 1. The van der Waals surface area contributed by atoms with Crippen molar-refractivity contribution in [3.63, 3.8) is 0 Å². The molecule has 1 rings (SSSR count). The van der Waals surface area contributed by atoms with E-state index in [-0.39, 0.29) is 5.69 Å². The van der Waals surface area contributed by atoms with Crippen molar-refractivity contribution in [2.45, 2.75) is 6.92 Å². The summed E-state index contributed by atoms with van der Waals surface area (Å²) in [5.74, 6) is -0.398. The second kappa shape index (κ2) is 3.67. The Morgan fingerprint density at radius 1 is 1.58 bits per heavy atom. The van der Waals surface area contributed by atoms with E-state index < -0.39 is 5.82 Å². The van der Waals surface area contributed by atoms with Crippen LogP contribution in [0.5, 0.6) is 0 Å². The fraction of sp³-hybridized carbons (Fsp3) is 0.125. The van der Waals surface area contributed by atoms with Crippen LogP contribution < -0.4 is 5.32 Å². The summed E-state index contributed by atoms with van der Waals surface area (Å²) in [6.45, 7) is 1.63. The lowest BCUT2D eigenvalue weighted by atomic mass is 10.2. The van der Waals surface area contributed by atoms with Gasteiger partial charge in [0.2, 0.25) is 6.41 Å². The second-order valence-electron chi connectivity index (χ2n) is 2.35. The molecule has 0 aliphatic heterocycles. The molecule has 4 heteroatoms. The topological polar surface area (TPSA) is 29.1 Å². The zero-order chi connectivity index (χ0) is 9.14. The van der Waals surface area contributed by atoms with Gasteiger partial charge in [0, 0.05) is 4.47 Å². The second-order valence-corrected chi connectivity index (χ2v) is 3.26. The van der Waals surface area contributed by atoms with Crippen LogP contribution >= 0.6 is 15.9 Å². The highest BCUT2D eigenvalue weighted by molar-refractivity contribution is 9.10. The van der Waals surface area contributed by atoms with Gasteiger partial charge in [-0.15, -0.1) is 0 Å². The first kappa shape index (κ1) is 9.19. The van der Waals surface area contributed by atoms with Crippen LogP contribution in [0.25, 0.3) is 0 Å². The van der Waals surface area contributed by atoms with Gasteiger partial charge in [-0.1, -0.05) is 15.9 Å². The van der Waals surface area contributed by atoms with Crippen molar-refractivity contribution in [1.82, 2.24) is 0 Å². The maximum absolute atomic E-state index is 13.1. The van der Waals surface area contributed by atoms with E-state index in [2.05, 4.69) is 21.2 Å². The molecule has 0 heterocycles. The third-order valence-electron chi connectivity index (χ3n) is 1.43. The van der Waals surface area contributed by atoms with Gasteiger partial charge in [-0.3, -0.25) is 4.79 Å². The molecule has 0 atom stereocenters. The van der Waals surface area contributed by atoms with E-state index in [0.717, 1.165) is 4.47 Å². The Hall–Kier alpha value is -0.900. The Morgan fingerprint density at radius 3 is 2.83 bits per heavy atom. The molecule has 0 spiro atoms. The smallest absolute Gasteiger partial charge is 0.211 e. The van der Waals surface area contributed by atoms with Gasteiger partial charge in [-0.05, 0) is 24.6 Å². The molecule has 0 saturated carbocycles. The van der Waals surface area contributed by atoms with E-state index in [0.29, 0.717) is 12.0 Å². The third-order valence-corrected chi connectivity index (χ3v) is 1.89. The Balaban J connectivity index is 3.17. The molecule has 12 heavy (non-hydrogen) atoms. The highest BCUT2D eigenvalue weighted by atomic mass is 79.9. The quantitative estimate of drug-likeness (QED) is 0.779. The number of rotatable bonds is 2. The summed E-state index contributed by atoms with van der Waals surface area (Å²) < 4.78 is 13.9. The molecule has 0 aliphatic rings. The summed E-state index contributed by atoms with van der Waals surface area (Å²) in [6.07, 6.45) is 0.449. The summed E-state index contributed by atoms with van der Waals surface area (Å²) in [4.78, 5) is 10.1. The standard InChI is InChI=1S/C8H7BrFNO/c1-5-2-6(9)3-7(8(5)10)11-4-12/h2-4H,1H3,(H,11,12). The number of aryl methyl sites for hydroxylation is 1. The molecule has 1 N–H and O–H groups in total. The van der Waals surface area contributed by atoms with E-state index >= 15 is 0 Å². The number of hydrogen-bond donors (Lipinski definition) is 1. The molecule has 1 amide bonds. The average Bonchev–Trinajstić information content (AvgIpc) is 2.00. The van der Waals surface area contributed by atoms with Gasteiger partial charge < -0.3 is 5.32 Å². The number of carbonyl (C=O) groups is 1. The lowest BCUT2D eigenvalue weighted by Gasteiger charge is -2.04. The molecule has 0 aliphatic carbocycles. The predicted octanol–water partition coefficient (Wildman–Crippen LogP) is 2.46. The van der Waals surface area contributed by atoms with Crippen LogP contribution in [0.15, 0.2) is 16.6 Å². The lowest BCUT2D eigenvalue weighted by molar-refractivity contribution is -0.105. The van der Waals surface area contributed by atoms with Gasteiger partial charge in [0.25, 0.3) is 0 Å². The van der Waals surface area contributed by atoms with Crippen molar-refractivity contribution >= 4 is 28.0 Å². The summed E-state index contributed by atoms with van der Waals surface area (Å²) in [5.41, 5.74) is 0.686. The van der Waals surface area contributed by atoms with E-state index in [9.17, 15) is 9.18 Å². The van der Waals surface area contributed by atoms with Gasteiger partial charge in [0.1, 0.15) is 5.82 Å². The number of anilines is 1. The van der Waals surface area contributed by atoms with Crippen LogP contribution in [-0.2, 0) is 4.79 Å². The number of amides is 1. The SMILES string of the molecule is Cc1cc(Br)cc(NC=O)c1F. The summed E-state index contributed by atoms with van der Waals surface area (Å²) in [5, 5.41) is 2.27. The largest absolute Gasteiger partial charge is 0.326 e. The van der Waals surface area contributed by atoms with Crippen molar-refractivity contribution in [3.8, 4) is 0 Å². The van der Waals surface area contributed by atoms with Crippen molar-refractivity contribution in [2.24, 2.45) is 0 Å². The first-order valence-corrected chi connectivity index (χ1v) is 4.10. The van der Waals surface area contributed by atoms with Gasteiger partial charge in [-0.2, -0.15) is 0 Å². The first-order valence-electron chi connectivity index (χ1n) is 3.31. The Bertz CT molecular complexity index is 314. The molecule has 0 saturated heterocycles. The molecular weight excluding hydrogens is 225 g/mol. The van der Waals surface area contributed by atoms with E-state index in [1.807, 2.05) is 0 Å². The molecule has 1 aromatic carbocycles. The average molecular weight is 232 g/mol. The first-order chi connectivity index (χ1) is 5.65. The number of hydrogen-bond acceptors (Lipinski definition) is 1. The normalized spacial score (nSPS) is 9.58. The van der Waals surface area contributed by atoms with Crippen LogP contribution in [0.4, 0.5) is 10.1 Å².